The normalized spacial score (nSPS) is 24.7. The lowest BCUT2D eigenvalue weighted by Gasteiger charge is -2.33. The standard InChI is InChI=1S/C16H27N3O2/c20-15(17-14-6-7-14)12-8-10-19(11-9-12)16(21)18-13-4-2-1-3-5-13/h12-14H,1-11H2,(H,17,20)(H,18,21). The van der Waals surface area contributed by atoms with Gasteiger partial charge in [0.15, 0.2) is 0 Å². The molecule has 2 saturated carbocycles. The maximum atomic E-state index is 12.2. The molecular weight excluding hydrogens is 266 g/mol. The number of rotatable bonds is 3. The molecular formula is C16H27N3O2. The number of nitrogens with one attached hydrogen (secondary N) is 2. The van der Waals surface area contributed by atoms with Gasteiger partial charge >= 0.3 is 6.03 Å². The van der Waals surface area contributed by atoms with Gasteiger partial charge in [0.25, 0.3) is 0 Å². The topological polar surface area (TPSA) is 61.4 Å². The number of piperidine rings is 1. The Balaban J connectivity index is 1.39. The van der Waals surface area contributed by atoms with E-state index >= 15 is 0 Å². The molecule has 118 valence electrons. The van der Waals surface area contributed by atoms with Crippen LogP contribution in [-0.4, -0.2) is 42.0 Å². The molecule has 5 heteroatoms. The lowest BCUT2D eigenvalue weighted by atomic mass is 9.95. The average molecular weight is 293 g/mol. The fraction of sp³-hybridized carbons (Fsp3) is 0.875. The SMILES string of the molecule is O=C(NC1CC1)C1CCN(C(=O)NC2CCCCC2)CC1. The predicted octanol–water partition coefficient (Wildman–Crippen LogP) is 2.02. The second-order valence-electron chi connectivity index (χ2n) is 6.83. The first-order valence-electron chi connectivity index (χ1n) is 8.58. The van der Waals surface area contributed by atoms with Gasteiger partial charge in [-0.25, -0.2) is 4.79 Å². The van der Waals surface area contributed by atoms with Gasteiger partial charge in [-0.05, 0) is 38.5 Å². The number of amides is 3. The third kappa shape index (κ3) is 4.11. The second kappa shape index (κ2) is 6.67. The summed E-state index contributed by atoms with van der Waals surface area (Å²) in [7, 11) is 0. The Hall–Kier alpha value is -1.26. The number of hydrogen-bond donors (Lipinski definition) is 2. The summed E-state index contributed by atoms with van der Waals surface area (Å²) in [5, 5.41) is 6.24. The van der Waals surface area contributed by atoms with Gasteiger partial charge in [-0.15, -0.1) is 0 Å². The maximum Gasteiger partial charge on any atom is 0.317 e. The summed E-state index contributed by atoms with van der Waals surface area (Å²) >= 11 is 0. The van der Waals surface area contributed by atoms with E-state index in [0.717, 1.165) is 38.5 Å². The number of hydrogen-bond acceptors (Lipinski definition) is 2. The van der Waals surface area contributed by atoms with Crippen molar-refractivity contribution in [2.24, 2.45) is 5.92 Å². The first kappa shape index (κ1) is 14.7. The van der Waals surface area contributed by atoms with Gasteiger partial charge in [0, 0.05) is 31.1 Å². The molecule has 1 aliphatic heterocycles. The Kier molecular flexibility index (Phi) is 4.66. The smallest absolute Gasteiger partial charge is 0.317 e. The Morgan fingerprint density at radius 2 is 1.38 bits per heavy atom. The van der Waals surface area contributed by atoms with E-state index in [1.54, 1.807) is 0 Å². The Bertz CT molecular complexity index is 381. The molecule has 0 spiro atoms. The van der Waals surface area contributed by atoms with Crippen molar-refractivity contribution < 1.29 is 9.59 Å². The molecule has 21 heavy (non-hydrogen) atoms. The van der Waals surface area contributed by atoms with Crippen molar-refractivity contribution in [2.45, 2.75) is 69.9 Å². The van der Waals surface area contributed by atoms with Gasteiger partial charge in [-0.1, -0.05) is 19.3 Å². The first-order chi connectivity index (χ1) is 10.2. The van der Waals surface area contributed by atoms with E-state index in [4.69, 9.17) is 0 Å². The number of carbonyl (C=O) groups excluding carboxylic acids is 2. The molecule has 3 fully saturated rings. The van der Waals surface area contributed by atoms with Crippen molar-refractivity contribution in [3.8, 4) is 0 Å². The van der Waals surface area contributed by atoms with Crippen molar-refractivity contribution in [3.63, 3.8) is 0 Å². The highest BCUT2D eigenvalue weighted by molar-refractivity contribution is 5.80. The average Bonchev–Trinajstić information content (AvgIpc) is 3.32. The maximum absolute atomic E-state index is 12.2. The number of carbonyl (C=O) groups is 2. The van der Waals surface area contributed by atoms with Crippen LogP contribution in [-0.2, 0) is 4.79 Å². The van der Waals surface area contributed by atoms with Gasteiger partial charge < -0.3 is 15.5 Å². The summed E-state index contributed by atoms with van der Waals surface area (Å²) in [6, 6.07) is 0.871. The summed E-state index contributed by atoms with van der Waals surface area (Å²) in [5.41, 5.74) is 0. The Morgan fingerprint density at radius 1 is 0.762 bits per heavy atom. The molecule has 0 unspecified atom stereocenters. The van der Waals surface area contributed by atoms with Gasteiger partial charge in [0.1, 0.15) is 0 Å². The number of likely N-dealkylation sites (tertiary alicyclic amines) is 1. The monoisotopic (exact) mass is 293 g/mol. The Labute approximate surface area is 126 Å². The third-order valence-electron chi connectivity index (χ3n) is 5.01. The molecule has 3 amide bonds. The summed E-state index contributed by atoms with van der Waals surface area (Å²) < 4.78 is 0. The van der Waals surface area contributed by atoms with Crippen molar-refractivity contribution in [2.75, 3.05) is 13.1 Å². The van der Waals surface area contributed by atoms with Crippen LogP contribution in [0.1, 0.15) is 57.8 Å². The molecule has 0 aromatic heterocycles. The highest BCUT2D eigenvalue weighted by Crippen LogP contribution is 2.23. The molecule has 1 heterocycles. The summed E-state index contributed by atoms with van der Waals surface area (Å²) in [6.45, 7) is 1.42. The molecule has 0 radical (unpaired) electrons. The quantitative estimate of drug-likeness (QED) is 0.836. The molecule has 0 bridgehead atoms. The fourth-order valence-corrected chi connectivity index (χ4v) is 3.40. The highest BCUT2D eigenvalue weighted by Gasteiger charge is 2.31. The van der Waals surface area contributed by atoms with Crippen molar-refractivity contribution >= 4 is 11.9 Å². The van der Waals surface area contributed by atoms with E-state index in [9.17, 15) is 9.59 Å². The molecule has 3 rings (SSSR count). The van der Waals surface area contributed by atoms with Crippen LogP contribution in [0.15, 0.2) is 0 Å². The van der Waals surface area contributed by atoms with Crippen molar-refractivity contribution in [1.82, 2.24) is 15.5 Å². The van der Waals surface area contributed by atoms with Crippen molar-refractivity contribution in [1.29, 1.82) is 0 Å². The van der Waals surface area contributed by atoms with Crippen molar-refractivity contribution in [3.05, 3.63) is 0 Å². The zero-order valence-electron chi connectivity index (χ0n) is 12.8. The Morgan fingerprint density at radius 3 is 2.00 bits per heavy atom. The van der Waals surface area contributed by atoms with Crippen LogP contribution in [0.2, 0.25) is 0 Å². The zero-order valence-corrected chi connectivity index (χ0v) is 12.8. The van der Waals surface area contributed by atoms with Gasteiger partial charge in [0.2, 0.25) is 5.91 Å². The van der Waals surface area contributed by atoms with E-state index < -0.39 is 0 Å². The summed E-state index contributed by atoms with van der Waals surface area (Å²) in [6.07, 6.45) is 9.87. The lowest BCUT2D eigenvalue weighted by Crippen LogP contribution is -2.49. The molecule has 2 aliphatic carbocycles. The minimum Gasteiger partial charge on any atom is -0.353 e. The largest absolute Gasteiger partial charge is 0.353 e. The van der Waals surface area contributed by atoms with E-state index in [-0.39, 0.29) is 17.9 Å². The van der Waals surface area contributed by atoms with E-state index in [0.29, 0.717) is 25.2 Å². The van der Waals surface area contributed by atoms with Gasteiger partial charge in [-0.2, -0.15) is 0 Å². The fourth-order valence-electron chi connectivity index (χ4n) is 3.40. The summed E-state index contributed by atoms with van der Waals surface area (Å²) in [5.74, 6) is 0.300. The van der Waals surface area contributed by atoms with Crippen LogP contribution < -0.4 is 10.6 Å². The van der Waals surface area contributed by atoms with E-state index in [2.05, 4.69) is 10.6 Å². The molecule has 0 atom stereocenters. The van der Waals surface area contributed by atoms with Gasteiger partial charge in [-0.3, -0.25) is 4.79 Å². The molecule has 0 aromatic carbocycles. The third-order valence-corrected chi connectivity index (χ3v) is 5.01. The van der Waals surface area contributed by atoms with Crippen LogP contribution >= 0.6 is 0 Å². The number of nitrogens with zero attached hydrogens (tertiary/aromatic N) is 1. The molecule has 3 aliphatic rings. The minimum atomic E-state index is 0.0722. The van der Waals surface area contributed by atoms with E-state index in [1.807, 2.05) is 4.90 Å². The molecule has 0 aromatic rings. The summed E-state index contributed by atoms with van der Waals surface area (Å²) in [4.78, 5) is 26.1. The number of urea groups is 1. The van der Waals surface area contributed by atoms with Crippen LogP contribution in [0.4, 0.5) is 4.79 Å². The van der Waals surface area contributed by atoms with E-state index in [1.165, 1.54) is 19.3 Å². The van der Waals surface area contributed by atoms with Crippen LogP contribution in [0, 0.1) is 5.92 Å². The first-order valence-corrected chi connectivity index (χ1v) is 8.58. The minimum absolute atomic E-state index is 0.0722. The lowest BCUT2D eigenvalue weighted by molar-refractivity contribution is -0.126. The molecule has 1 saturated heterocycles. The second-order valence-corrected chi connectivity index (χ2v) is 6.83. The van der Waals surface area contributed by atoms with Crippen LogP contribution in [0.3, 0.4) is 0 Å². The zero-order chi connectivity index (χ0) is 14.7. The van der Waals surface area contributed by atoms with Crippen LogP contribution in [0.5, 0.6) is 0 Å². The highest BCUT2D eigenvalue weighted by atomic mass is 16.2. The van der Waals surface area contributed by atoms with Crippen LogP contribution in [0.25, 0.3) is 0 Å². The predicted molar refractivity (Wildman–Crippen MR) is 80.9 cm³/mol. The molecule has 5 nitrogen and oxygen atoms in total. The van der Waals surface area contributed by atoms with Gasteiger partial charge in [0.05, 0.1) is 0 Å². The molecule has 2 N–H and O–H groups in total.